The Labute approximate surface area is 236 Å². The maximum atomic E-state index is 13.5. The van der Waals surface area contributed by atoms with Gasteiger partial charge >= 0.3 is 5.97 Å². The van der Waals surface area contributed by atoms with Gasteiger partial charge in [-0.2, -0.15) is 0 Å². The zero-order valence-corrected chi connectivity index (χ0v) is 24.2. The molecule has 10 nitrogen and oxygen atoms in total. The average molecular weight is 562 g/mol. The van der Waals surface area contributed by atoms with Crippen molar-refractivity contribution in [2.75, 3.05) is 53.4 Å². The average Bonchev–Trinajstić information content (AvgIpc) is 3.24. The van der Waals surface area contributed by atoms with Crippen molar-refractivity contribution in [3.8, 4) is 11.5 Å². The van der Waals surface area contributed by atoms with Crippen LogP contribution in [0.1, 0.15) is 50.0 Å². The number of carbonyl (C=O) groups is 1. The van der Waals surface area contributed by atoms with E-state index >= 15 is 0 Å². The first-order chi connectivity index (χ1) is 19.2. The van der Waals surface area contributed by atoms with E-state index in [0.717, 1.165) is 32.8 Å². The molecule has 1 aromatic rings. The van der Waals surface area contributed by atoms with Crippen molar-refractivity contribution in [1.82, 2.24) is 4.90 Å². The number of methoxy groups -OCH3 is 1. The van der Waals surface area contributed by atoms with Gasteiger partial charge in [0.15, 0.2) is 12.6 Å². The van der Waals surface area contributed by atoms with Crippen molar-refractivity contribution < 1.29 is 43.1 Å². The Kier molecular flexibility index (Phi) is 10.6. The molecule has 0 bridgehead atoms. The summed E-state index contributed by atoms with van der Waals surface area (Å²) in [5.41, 5.74) is 0.872. The summed E-state index contributed by atoms with van der Waals surface area (Å²) >= 11 is 0. The first-order valence-electron chi connectivity index (χ1n) is 14.0. The second-order valence-corrected chi connectivity index (χ2v) is 10.9. The summed E-state index contributed by atoms with van der Waals surface area (Å²) in [6, 6.07) is 3.51. The van der Waals surface area contributed by atoms with Gasteiger partial charge in [0, 0.05) is 38.7 Å². The molecular formula is C30H43NO9. The zero-order chi connectivity index (χ0) is 28.7. The highest BCUT2D eigenvalue weighted by Gasteiger charge is 2.43. The third-order valence-corrected chi connectivity index (χ3v) is 7.29. The maximum absolute atomic E-state index is 13.5. The normalized spacial score (nSPS) is 29.2. The predicted molar refractivity (Wildman–Crippen MR) is 148 cm³/mol. The number of aliphatic hydroxyl groups excluding tert-OH is 1. The largest absolute Gasteiger partial charge is 0.492 e. The minimum atomic E-state index is -0.874. The fourth-order valence-corrected chi connectivity index (χ4v) is 4.95. The molecule has 1 aromatic carbocycles. The molecule has 0 radical (unpaired) electrons. The zero-order valence-electron chi connectivity index (χ0n) is 24.2. The predicted octanol–water partition coefficient (Wildman–Crippen LogP) is 3.42. The fourth-order valence-electron chi connectivity index (χ4n) is 4.95. The summed E-state index contributed by atoms with van der Waals surface area (Å²) in [4.78, 5) is 15.8. The van der Waals surface area contributed by atoms with Gasteiger partial charge in [0.2, 0.25) is 0 Å². The van der Waals surface area contributed by atoms with Crippen LogP contribution in [0.15, 0.2) is 30.4 Å². The Morgan fingerprint density at radius 1 is 1.10 bits per heavy atom. The van der Waals surface area contributed by atoms with Crippen LogP contribution in [0.25, 0.3) is 6.08 Å². The summed E-state index contributed by atoms with van der Waals surface area (Å²) in [5.74, 6) is -0.635. The fraction of sp³-hybridized carbons (Fsp3) is 0.633. The lowest BCUT2D eigenvalue weighted by Gasteiger charge is -2.26. The van der Waals surface area contributed by atoms with Crippen LogP contribution in [0.3, 0.4) is 0 Å². The molecule has 0 amide bonds. The molecule has 3 heterocycles. The molecule has 222 valence electrons. The van der Waals surface area contributed by atoms with Crippen molar-refractivity contribution in [3.05, 3.63) is 41.5 Å². The van der Waals surface area contributed by atoms with Gasteiger partial charge in [-0.1, -0.05) is 31.2 Å². The van der Waals surface area contributed by atoms with Gasteiger partial charge in [0.05, 0.1) is 19.3 Å². The van der Waals surface area contributed by atoms with Gasteiger partial charge < -0.3 is 38.3 Å². The van der Waals surface area contributed by atoms with E-state index in [0.29, 0.717) is 30.1 Å². The Balaban J connectivity index is 1.66. The van der Waals surface area contributed by atoms with Gasteiger partial charge in [0.25, 0.3) is 0 Å². The second-order valence-electron chi connectivity index (χ2n) is 10.9. The minimum absolute atomic E-state index is 0.0444. The van der Waals surface area contributed by atoms with Crippen LogP contribution in [0.2, 0.25) is 0 Å². The Morgan fingerprint density at radius 2 is 1.88 bits per heavy atom. The number of ether oxygens (including phenoxy) is 7. The molecule has 4 rings (SSSR count). The molecule has 2 saturated heterocycles. The number of fused-ring (bicyclic) bond motifs is 2. The lowest BCUT2D eigenvalue weighted by Crippen LogP contribution is -2.38. The number of aliphatic hydroxyl groups is 1. The van der Waals surface area contributed by atoms with Gasteiger partial charge in [-0.25, -0.2) is 4.79 Å². The van der Waals surface area contributed by atoms with Gasteiger partial charge in [-0.15, -0.1) is 0 Å². The smallest absolute Gasteiger partial charge is 0.342 e. The standard InChI is InChI=1S/C30H43NO9/c1-20-9-10-24(32)28-25(39-30(3,4)40-28)8-6-7-22-17-23(36-16-13-31-11-14-35-15-12-31)18-26(37-19-34-5)27(22)29(33)38-21(20)2/h6-7,9-10,17-18,20-21,24-25,28,32H,8,11-16,19H2,1-5H3/t20-,21+,24?,25+,28?/m1/s1. The highest BCUT2D eigenvalue weighted by atomic mass is 16.8. The molecule has 1 N–H and O–H groups in total. The Morgan fingerprint density at radius 3 is 2.62 bits per heavy atom. The molecule has 0 saturated carbocycles. The van der Waals surface area contributed by atoms with Crippen molar-refractivity contribution >= 4 is 12.0 Å². The quantitative estimate of drug-likeness (QED) is 0.303. The number of benzene rings is 1. The van der Waals surface area contributed by atoms with Crippen LogP contribution in [-0.4, -0.2) is 99.5 Å². The Hall–Kier alpha value is -2.47. The number of morpholine rings is 1. The van der Waals surface area contributed by atoms with E-state index in [2.05, 4.69) is 4.90 Å². The number of cyclic esters (lactones) is 1. The van der Waals surface area contributed by atoms with Gasteiger partial charge in [-0.05, 0) is 38.8 Å². The van der Waals surface area contributed by atoms with Gasteiger partial charge in [-0.3, -0.25) is 4.90 Å². The summed E-state index contributed by atoms with van der Waals surface area (Å²) in [5, 5.41) is 10.9. The molecule has 2 unspecified atom stereocenters. The number of carbonyl (C=O) groups excluding carboxylic acids is 1. The number of rotatable bonds is 7. The van der Waals surface area contributed by atoms with Crippen molar-refractivity contribution in [3.63, 3.8) is 0 Å². The summed E-state index contributed by atoms with van der Waals surface area (Å²) in [6.45, 7) is 11.8. The summed E-state index contributed by atoms with van der Waals surface area (Å²) in [7, 11) is 1.52. The van der Waals surface area contributed by atoms with E-state index in [4.69, 9.17) is 33.2 Å². The third-order valence-electron chi connectivity index (χ3n) is 7.29. The van der Waals surface area contributed by atoms with E-state index in [9.17, 15) is 9.90 Å². The van der Waals surface area contributed by atoms with Crippen molar-refractivity contribution in [2.24, 2.45) is 5.92 Å². The monoisotopic (exact) mass is 561 g/mol. The topological polar surface area (TPSA) is 105 Å². The summed E-state index contributed by atoms with van der Waals surface area (Å²) in [6.07, 6.45) is 5.45. The van der Waals surface area contributed by atoms with Crippen LogP contribution >= 0.6 is 0 Å². The van der Waals surface area contributed by atoms with Gasteiger partial charge in [0.1, 0.15) is 42.0 Å². The van der Waals surface area contributed by atoms with E-state index in [-0.39, 0.29) is 24.4 Å². The number of hydrogen-bond acceptors (Lipinski definition) is 10. The lowest BCUT2D eigenvalue weighted by atomic mass is 9.99. The number of nitrogens with zero attached hydrogens (tertiary/aromatic N) is 1. The maximum Gasteiger partial charge on any atom is 0.342 e. The highest BCUT2D eigenvalue weighted by Crippen LogP contribution is 2.35. The first kappa shape index (κ1) is 30.5. The second kappa shape index (κ2) is 13.9. The number of esters is 1. The van der Waals surface area contributed by atoms with Crippen LogP contribution in [0.4, 0.5) is 0 Å². The third kappa shape index (κ3) is 8.05. The molecular weight excluding hydrogens is 518 g/mol. The SMILES string of the molecule is COCOc1cc(OCCN2CCOCC2)cc2c1C(=O)O[C@@H](C)[C@H](C)C=CC(O)C1OC(C)(C)O[C@H]1CC=C2. The van der Waals surface area contributed by atoms with E-state index < -0.39 is 30.1 Å². The molecule has 0 aromatic heterocycles. The lowest BCUT2D eigenvalue weighted by molar-refractivity contribution is -0.152. The first-order valence-corrected chi connectivity index (χ1v) is 14.0. The van der Waals surface area contributed by atoms with Crippen LogP contribution in [0.5, 0.6) is 11.5 Å². The number of hydrogen-bond donors (Lipinski definition) is 1. The van der Waals surface area contributed by atoms with E-state index in [1.807, 2.05) is 52.0 Å². The minimum Gasteiger partial charge on any atom is -0.492 e. The molecule has 40 heavy (non-hydrogen) atoms. The molecule has 5 atom stereocenters. The molecule has 10 heteroatoms. The molecule has 0 aliphatic carbocycles. The molecule has 2 fully saturated rings. The highest BCUT2D eigenvalue weighted by molar-refractivity contribution is 5.97. The van der Waals surface area contributed by atoms with Crippen molar-refractivity contribution in [1.29, 1.82) is 0 Å². The van der Waals surface area contributed by atoms with Crippen molar-refractivity contribution in [2.45, 2.75) is 64.3 Å². The van der Waals surface area contributed by atoms with E-state index in [1.165, 1.54) is 7.11 Å². The Bertz CT molecular complexity index is 1050. The van der Waals surface area contributed by atoms with Crippen LogP contribution in [-0.2, 0) is 23.7 Å². The molecule has 3 aliphatic heterocycles. The van der Waals surface area contributed by atoms with Crippen LogP contribution in [0, 0.1) is 5.92 Å². The van der Waals surface area contributed by atoms with Crippen LogP contribution < -0.4 is 9.47 Å². The summed E-state index contributed by atoms with van der Waals surface area (Å²) < 4.78 is 40.5. The molecule has 3 aliphatic rings. The molecule has 0 spiro atoms. The van der Waals surface area contributed by atoms with E-state index in [1.54, 1.807) is 12.1 Å².